The lowest BCUT2D eigenvalue weighted by Gasteiger charge is -2.36. The minimum atomic E-state index is -0.257. The summed E-state index contributed by atoms with van der Waals surface area (Å²) in [4.78, 5) is 31.6. The lowest BCUT2D eigenvalue weighted by Crippen LogP contribution is -2.46. The molecule has 7 nitrogen and oxygen atoms in total. The maximum atomic E-state index is 12.7. The molecule has 1 amide bonds. The Bertz CT molecular complexity index is 1190. The molecule has 2 unspecified atom stereocenters. The van der Waals surface area contributed by atoms with Crippen molar-refractivity contribution in [3.05, 3.63) is 52.0 Å². The van der Waals surface area contributed by atoms with Crippen molar-refractivity contribution >= 4 is 46.5 Å². The van der Waals surface area contributed by atoms with Crippen molar-refractivity contribution in [3.63, 3.8) is 0 Å². The summed E-state index contributed by atoms with van der Waals surface area (Å²) in [6.07, 6.45) is 4.87. The number of esters is 1. The average Bonchev–Trinajstić information content (AvgIpc) is 2.98. The second-order valence-electron chi connectivity index (χ2n) is 11.3. The molecular formula is C32H43Cl2N3O4. The third-order valence-corrected chi connectivity index (χ3v) is 9.04. The van der Waals surface area contributed by atoms with Gasteiger partial charge in [0, 0.05) is 38.7 Å². The maximum absolute atomic E-state index is 12.7. The van der Waals surface area contributed by atoms with Gasteiger partial charge in [-0.25, -0.2) is 0 Å². The summed E-state index contributed by atoms with van der Waals surface area (Å²) in [6, 6.07) is 11.7. The van der Waals surface area contributed by atoms with Crippen LogP contribution in [0.3, 0.4) is 0 Å². The van der Waals surface area contributed by atoms with Crippen LogP contribution in [0.4, 0.5) is 11.4 Å². The largest absolute Gasteiger partial charge is 0.494 e. The van der Waals surface area contributed by atoms with E-state index in [4.69, 9.17) is 32.7 Å². The minimum Gasteiger partial charge on any atom is -0.494 e. The van der Waals surface area contributed by atoms with E-state index in [1.165, 1.54) is 0 Å². The van der Waals surface area contributed by atoms with Crippen molar-refractivity contribution in [1.29, 1.82) is 0 Å². The van der Waals surface area contributed by atoms with Gasteiger partial charge in [-0.2, -0.15) is 0 Å². The Hall–Kier alpha value is -2.48. The second-order valence-corrected chi connectivity index (χ2v) is 12.1. The van der Waals surface area contributed by atoms with Crippen LogP contribution in [0.5, 0.6) is 5.75 Å². The first-order valence-corrected chi connectivity index (χ1v) is 15.7. The number of nitrogens with zero attached hydrogens (tertiary/aromatic N) is 3. The number of benzene rings is 2. The van der Waals surface area contributed by atoms with Crippen molar-refractivity contribution < 1.29 is 19.1 Å². The van der Waals surface area contributed by atoms with E-state index in [9.17, 15) is 9.59 Å². The Kier molecular flexibility index (Phi) is 11.6. The van der Waals surface area contributed by atoms with Crippen molar-refractivity contribution in [1.82, 2.24) is 4.90 Å². The molecule has 0 spiro atoms. The summed E-state index contributed by atoms with van der Waals surface area (Å²) >= 11 is 12.6. The standard InChI is InChI=1S/C32H43Cl2N3O4/c1-4-23(2)20-24(3)32(39)41-22-37-29-21-26(12-10-25(29)11-13-30(37)38)40-19-6-5-14-35-15-17-36(18-16-35)28-9-7-8-27(33)31(28)34/h7-10,12,21,23-24H,4-6,11,13-20,22H2,1-3H3. The van der Waals surface area contributed by atoms with E-state index in [2.05, 4.69) is 23.6 Å². The van der Waals surface area contributed by atoms with Crippen molar-refractivity contribution in [2.45, 2.75) is 59.3 Å². The molecule has 2 heterocycles. The number of fused-ring (bicyclic) bond motifs is 1. The van der Waals surface area contributed by atoms with Gasteiger partial charge in [-0.15, -0.1) is 0 Å². The van der Waals surface area contributed by atoms with Crippen LogP contribution < -0.4 is 14.5 Å². The van der Waals surface area contributed by atoms with Crippen molar-refractivity contribution in [2.75, 3.05) is 55.9 Å². The Labute approximate surface area is 254 Å². The van der Waals surface area contributed by atoms with Crippen LogP contribution in [0.2, 0.25) is 10.0 Å². The number of ether oxygens (including phenoxy) is 2. The van der Waals surface area contributed by atoms with Gasteiger partial charge in [-0.1, -0.05) is 62.5 Å². The topological polar surface area (TPSA) is 62.3 Å². The molecule has 2 aliphatic heterocycles. The van der Waals surface area contributed by atoms with Crippen LogP contribution in [0, 0.1) is 11.8 Å². The Balaban J connectivity index is 1.20. The maximum Gasteiger partial charge on any atom is 0.310 e. The van der Waals surface area contributed by atoms with E-state index < -0.39 is 0 Å². The first-order valence-electron chi connectivity index (χ1n) is 14.9. The number of carbonyl (C=O) groups excluding carboxylic acids is 2. The zero-order chi connectivity index (χ0) is 29.4. The van der Waals surface area contributed by atoms with Crippen molar-refractivity contribution in [3.8, 4) is 5.75 Å². The van der Waals surface area contributed by atoms with Crippen LogP contribution in [0.15, 0.2) is 36.4 Å². The SMILES string of the molecule is CCC(C)CC(C)C(=O)OCN1C(=O)CCc2ccc(OCCCCN3CCN(c4cccc(Cl)c4Cl)CC3)cc21. The van der Waals surface area contributed by atoms with E-state index >= 15 is 0 Å². The van der Waals surface area contributed by atoms with Gasteiger partial charge >= 0.3 is 5.97 Å². The summed E-state index contributed by atoms with van der Waals surface area (Å²) in [5.41, 5.74) is 2.85. The van der Waals surface area contributed by atoms with Gasteiger partial charge in [0.1, 0.15) is 5.75 Å². The molecule has 0 aromatic heterocycles. The molecule has 41 heavy (non-hydrogen) atoms. The molecule has 9 heteroatoms. The van der Waals surface area contributed by atoms with Gasteiger partial charge in [0.25, 0.3) is 0 Å². The summed E-state index contributed by atoms with van der Waals surface area (Å²) in [5.74, 6) is 0.706. The number of amides is 1. The molecule has 2 atom stereocenters. The number of hydrogen-bond acceptors (Lipinski definition) is 6. The van der Waals surface area contributed by atoms with Crippen LogP contribution >= 0.6 is 23.2 Å². The molecule has 0 saturated carbocycles. The molecule has 4 rings (SSSR count). The number of unbranched alkanes of at least 4 members (excludes halogenated alkanes) is 1. The molecule has 0 N–H and O–H groups in total. The van der Waals surface area contributed by atoms with Gasteiger partial charge in [-0.3, -0.25) is 19.4 Å². The number of piperazine rings is 1. The van der Waals surface area contributed by atoms with E-state index in [1.807, 2.05) is 43.3 Å². The molecule has 0 radical (unpaired) electrons. The number of halogens is 2. The molecule has 2 aromatic rings. The van der Waals surface area contributed by atoms with Crippen molar-refractivity contribution in [2.24, 2.45) is 11.8 Å². The number of anilines is 2. The fourth-order valence-corrected chi connectivity index (χ4v) is 5.88. The molecule has 0 aliphatic carbocycles. The van der Waals surface area contributed by atoms with Crippen LogP contribution in [-0.2, 0) is 20.7 Å². The Morgan fingerprint density at radius 1 is 1.00 bits per heavy atom. The minimum absolute atomic E-state index is 0.0326. The van der Waals surface area contributed by atoms with Gasteiger partial charge in [0.15, 0.2) is 6.73 Å². The number of rotatable bonds is 13. The van der Waals surface area contributed by atoms with Crippen LogP contribution in [-0.4, -0.2) is 62.8 Å². The van der Waals surface area contributed by atoms with Gasteiger partial charge in [0.05, 0.1) is 33.9 Å². The summed E-state index contributed by atoms with van der Waals surface area (Å²) in [7, 11) is 0. The molecule has 0 bridgehead atoms. The van der Waals surface area contributed by atoms with Crippen LogP contribution in [0.25, 0.3) is 0 Å². The fourth-order valence-electron chi connectivity index (χ4n) is 5.46. The smallest absolute Gasteiger partial charge is 0.310 e. The van der Waals surface area contributed by atoms with E-state index in [0.29, 0.717) is 35.4 Å². The molecule has 1 fully saturated rings. The molecule has 2 aliphatic rings. The quantitative estimate of drug-likeness (QED) is 0.185. The number of aryl methyl sites for hydroxylation is 1. The zero-order valence-electron chi connectivity index (χ0n) is 24.5. The Morgan fingerprint density at radius 3 is 2.54 bits per heavy atom. The highest BCUT2D eigenvalue weighted by Gasteiger charge is 2.27. The fraction of sp³-hybridized carbons (Fsp3) is 0.562. The normalized spacial score (nSPS) is 17.2. The van der Waals surface area contributed by atoms with Gasteiger partial charge < -0.3 is 14.4 Å². The van der Waals surface area contributed by atoms with E-state index in [1.54, 1.807) is 4.90 Å². The highest BCUT2D eigenvalue weighted by Crippen LogP contribution is 2.33. The predicted octanol–water partition coefficient (Wildman–Crippen LogP) is 6.83. The number of carbonyl (C=O) groups is 2. The third kappa shape index (κ3) is 8.52. The highest BCUT2D eigenvalue weighted by atomic mass is 35.5. The lowest BCUT2D eigenvalue weighted by atomic mass is 9.95. The number of hydrogen-bond donors (Lipinski definition) is 0. The molecule has 2 aromatic carbocycles. The molecule has 224 valence electrons. The highest BCUT2D eigenvalue weighted by molar-refractivity contribution is 6.43. The second kappa shape index (κ2) is 15.1. The zero-order valence-corrected chi connectivity index (χ0v) is 26.1. The Morgan fingerprint density at radius 2 is 1.78 bits per heavy atom. The van der Waals surface area contributed by atoms with Crippen LogP contribution in [0.1, 0.15) is 58.4 Å². The summed E-state index contributed by atoms with van der Waals surface area (Å²) in [6.45, 7) is 11.5. The first-order chi connectivity index (χ1) is 19.8. The summed E-state index contributed by atoms with van der Waals surface area (Å²) in [5, 5.41) is 1.22. The lowest BCUT2D eigenvalue weighted by molar-refractivity contribution is -0.148. The first kappa shape index (κ1) is 31.5. The monoisotopic (exact) mass is 603 g/mol. The van der Waals surface area contributed by atoms with E-state index in [-0.39, 0.29) is 24.5 Å². The van der Waals surface area contributed by atoms with Gasteiger partial charge in [-0.05, 0) is 61.9 Å². The van der Waals surface area contributed by atoms with Gasteiger partial charge in [0.2, 0.25) is 5.91 Å². The summed E-state index contributed by atoms with van der Waals surface area (Å²) < 4.78 is 11.6. The third-order valence-electron chi connectivity index (χ3n) is 8.23. The molecule has 1 saturated heterocycles. The molecular weight excluding hydrogens is 561 g/mol. The predicted molar refractivity (Wildman–Crippen MR) is 166 cm³/mol. The average molecular weight is 605 g/mol. The van der Waals surface area contributed by atoms with E-state index in [0.717, 1.165) is 81.1 Å².